The smallest absolute Gasteiger partial charge is 0.266 e. The van der Waals surface area contributed by atoms with E-state index in [0.717, 1.165) is 5.56 Å². The molecule has 6 heteroatoms. The summed E-state index contributed by atoms with van der Waals surface area (Å²) in [6, 6.07) is 11.3. The molecule has 25 heavy (non-hydrogen) atoms. The van der Waals surface area contributed by atoms with Gasteiger partial charge in [0.1, 0.15) is 28.9 Å². The molecule has 2 aromatic rings. The van der Waals surface area contributed by atoms with Gasteiger partial charge in [-0.25, -0.2) is 0 Å². The first-order valence-electron chi connectivity index (χ1n) is 7.44. The zero-order valence-electron chi connectivity index (χ0n) is 14.2. The lowest BCUT2D eigenvalue weighted by molar-refractivity contribution is -0.112. The van der Waals surface area contributed by atoms with E-state index in [-0.39, 0.29) is 11.3 Å². The van der Waals surface area contributed by atoms with Gasteiger partial charge in [0, 0.05) is 16.8 Å². The predicted molar refractivity (Wildman–Crippen MR) is 94.6 cm³/mol. The Balaban J connectivity index is 2.34. The number of carbonyl (C=O) groups excluding carboxylic acids is 1. The average Bonchev–Trinajstić information content (AvgIpc) is 2.61. The van der Waals surface area contributed by atoms with Gasteiger partial charge in [-0.2, -0.15) is 5.26 Å². The summed E-state index contributed by atoms with van der Waals surface area (Å²) >= 11 is 0. The average molecular weight is 338 g/mol. The van der Waals surface area contributed by atoms with Crippen molar-refractivity contribution in [2.24, 2.45) is 0 Å². The van der Waals surface area contributed by atoms with Gasteiger partial charge in [0.05, 0.1) is 14.2 Å². The van der Waals surface area contributed by atoms with Crippen molar-refractivity contribution in [2.75, 3.05) is 19.5 Å². The van der Waals surface area contributed by atoms with Crippen LogP contribution in [0.25, 0.3) is 6.08 Å². The Morgan fingerprint density at radius 2 is 1.84 bits per heavy atom. The van der Waals surface area contributed by atoms with E-state index in [1.54, 1.807) is 31.4 Å². The minimum absolute atomic E-state index is 0.0732. The lowest BCUT2D eigenvalue weighted by Gasteiger charge is -2.12. The lowest BCUT2D eigenvalue weighted by atomic mass is 10.1. The molecule has 0 aliphatic heterocycles. The summed E-state index contributed by atoms with van der Waals surface area (Å²) < 4.78 is 10.6. The SMILES string of the molecule is COc1ccc(C=C(C#N)C(=O)Nc2ccc(O)cc2)c(OC)c1C. The summed E-state index contributed by atoms with van der Waals surface area (Å²) in [5, 5.41) is 21.2. The van der Waals surface area contributed by atoms with Crippen molar-refractivity contribution >= 4 is 17.7 Å². The van der Waals surface area contributed by atoms with E-state index >= 15 is 0 Å². The lowest BCUT2D eigenvalue weighted by Crippen LogP contribution is -2.13. The van der Waals surface area contributed by atoms with Gasteiger partial charge < -0.3 is 19.9 Å². The van der Waals surface area contributed by atoms with Crippen LogP contribution in [0.3, 0.4) is 0 Å². The van der Waals surface area contributed by atoms with Crippen molar-refractivity contribution in [3.8, 4) is 23.3 Å². The minimum Gasteiger partial charge on any atom is -0.508 e. The van der Waals surface area contributed by atoms with Crippen LogP contribution in [0.2, 0.25) is 0 Å². The van der Waals surface area contributed by atoms with Crippen molar-refractivity contribution < 1.29 is 19.4 Å². The monoisotopic (exact) mass is 338 g/mol. The molecule has 0 heterocycles. The van der Waals surface area contributed by atoms with Crippen molar-refractivity contribution in [3.63, 3.8) is 0 Å². The van der Waals surface area contributed by atoms with Crippen LogP contribution in [0, 0.1) is 18.3 Å². The molecule has 0 aliphatic carbocycles. The number of nitriles is 1. The Kier molecular flexibility index (Phi) is 5.64. The van der Waals surface area contributed by atoms with Crippen molar-refractivity contribution in [1.29, 1.82) is 5.26 Å². The second kappa shape index (κ2) is 7.88. The molecule has 0 bridgehead atoms. The zero-order valence-corrected chi connectivity index (χ0v) is 14.2. The summed E-state index contributed by atoms with van der Waals surface area (Å²) in [6.45, 7) is 1.83. The zero-order chi connectivity index (χ0) is 18.4. The Hall–Kier alpha value is -3.46. The summed E-state index contributed by atoms with van der Waals surface area (Å²) in [5.74, 6) is 0.724. The van der Waals surface area contributed by atoms with Crippen molar-refractivity contribution in [1.82, 2.24) is 0 Å². The fourth-order valence-corrected chi connectivity index (χ4v) is 2.35. The van der Waals surface area contributed by atoms with Gasteiger partial charge in [0.2, 0.25) is 0 Å². The molecular weight excluding hydrogens is 320 g/mol. The topological polar surface area (TPSA) is 91.6 Å². The number of hydrogen-bond acceptors (Lipinski definition) is 5. The molecule has 0 fully saturated rings. The number of hydrogen-bond donors (Lipinski definition) is 2. The number of methoxy groups -OCH3 is 2. The fraction of sp³-hybridized carbons (Fsp3) is 0.158. The van der Waals surface area contributed by atoms with Crippen LogP contribution in [-0.4, -0.2) is 25.2 Å². The molecule has 128 valence electrons. The van der Waals surface area contributed by atoms with Gasteiger partial charge >= 0.3 is 0 Å². The highest BCUT2D eigenvalue weighted by Crippen LogP contribution is 2.32. The van der Waals surface area contributed by atoms with E-state index in [9.17, 15) is 15.2 Å². The first-order chi connectivity index (χ1) is 12.0. The maximum atomic E-state index is 12.3. The van der Waals surface area contributed by atoms with Crippen LogP contribution in [-0.2, 0) is 4.79 Å². The molecule has 0 atom stereocenters. The maximum absolute atomic E-state index is 12.3. The number of phenolic OH excluding ortho intramolecular Hbond substituents is 1. The van der Waals surface area contributed by atoms with Gasteiger partial charge in [-0.1, -0.05) is 0 Å². The molecule has 0 unspecified atom stereocenters. The highest BCUT2D eigenvalue weighted by atomic mass is 16.5. The van der Waals surface area contributed by atoms with Gasteiger partial charge in [-0.05, 0) is 49.4 Å². The Bertz CT molecular complexity index is 849. The first-order valence-corrected chi connectivity index (χ1v) is 7.44. The molecule has 1 amide bonds. The third-order valence-corrected chi connectivity index (χ3v) is 3.60. The quantitative estimate of drug-likeness (QED) is 0.496. The van der Waals surface area contributed by atoms with E-state index in [1.165, 1.54) is 25.3 Å². The second-order valence-corrected chi connectivity index (χ2v) is 5.19. The van der Waals surface area contributed by atoms with Gasteiger partial charge in [0.25, 0.3) is 5.91 Å². The van der Waals surface area contributed by atoms with E-state index < -0.39 is 5.91 Å². The predicted octanol–water partition coefficient (Wildman–Crippen LogP) is 3.26. The summed E-state index contributed by atoms with van der Waals surface area (Å²) in [5.41, 5.74) is 1.77. The molecule has 2 N–H and O–H groups in total. The number of phenols is 1. The molecule has 0 aromatic heterocycles. The van der Waals surface area contributed by atoms with Crippen LogP contribution in [0.1, 0.15) is 11.1 Å². The van der Waals surface area contributed by atoms with Crippen LogP contribution in [0.15, 0.2) is 42.0 Å². The number of aromatic hydroxyl groups is 1. The molecule has 0 saturated heterocycles. The standard InChI is InChI=1S/C19H18N2O4/c1-12-17(24-2)9-4-13(18(12)25-3)10-14(11-20)19(23)21-15-5-7-16(22)8-6-15/h4-10,22H,1-3H3,(H,21,23). The van der Waals surface area contributed by atoms with Crippen LogP contribution in [0.4, 0.5) is 5.69 Å². The molecule has 0 spiro atoms. The number of anilines is 1. The van der Waals surface area contributed by atoms with E-state index in [1.807, 2.05) is 13.0 Å². The molecular formula is C19H18N2O4. The normalized spacial score (nSPS) is 10.7. The van der Waals surface area contributed by atoms with Gasteiger partial charge in [0.15, 0.2) is 0 Å². The van der Waals surface area contributed by atoms with Crippen LogP contribution >= 0.6 is 0 Å². The van der Waals surface area contributed by atoms with Gasteiger partial charge in [-0.3, -0.25) is 4.79 Å². The summed E-state index contributed by atoms with van der Waals surface area (Å²) in [4.78, 5) is 12.3. The number of amides is 1. The van der Waals surface area contributed by atoms with Crippen LogP contribution < -0.4 is 14.8 Å². The summed E-state index contributed by atoms with van der Waals surface area (Å²) in [7, 11) is 3.07. The highest BCUT2D eigenvalue weighted by molar-refractivity contribution is 6.09. The van der Waals surface area contributed by atoms with Crippen LogP contribution in [0.5, 0.6) is 17.2 Å². The van der Waals surface area contributed by atoms with Crippen molar-refractivity contribution in [2.45, 2.75) is 6.92 Å². The second-order valence-electron chi connectivity index (χ2n) is 5.19. The maximum Gasteiger partial charge on any atom is 0.266 e. The summed E-state index contributed by atoms with van der Waals surface area (Å²) in [6.07, 6.45) is 1.46. The number of carbonyl (C=O) groups is 1. The fourth-order valence-electron chi connectivity index (χ4n) is 2.35. The Morgan fingerprint density at radius 1 is 1.16 bits per heavy atom. The van der Waals surface area contributed by atoms with E-state index in [2.05, 4.69) is 5.32 Å². The largest absolute Gasteiger partial charge is 0.508 e. The number of nitrogens with zero attached hydrogens (tertiary/aromatic N) is 1. The Morgan fingerprint density at radius 3 is 2.40 bits per heavy atom. The Labute approximate surface area is 145 Å². The van der Waals surface area contributed by atoms with Gasteiger partial charge in [-0.15, -0.1) is 0 Å². The number of rotatable bonds is 5. The third kappa shape index (κ3) is 4.09. The molecule has 2 aromatic carbocycles. The highest BCUT2D eigenvalue weighted by Gasteiger charge is 2.14. The molecule has 0 radical (unpaired) electrons. The van der Waals surface area contributed by atoms with E-state index in [0.29, 0.717) is 22.7 Å². The number of ether oxygens (including phenoxy) is 2. The molecule has 6 nitrogen and oxygen atoms in total. The van der Waals surface area contributed by atoms with Crippen molar-refractivity contribution in [3.05, 3.63) is 53.1 Å². The van der Waals surface area contributed by atoms with E-state index in [4.69, 9.17) is 9.47 Å². The number of benzene rings is 2. The molecule has 0 saturated carbocycles. The third-order valence-electron chi connectivity index (χ3n) is 3.60. The minimum atomic E-state index is -0.552. The number of nitrogens with one attached hydrogen (secondary N) is 1. The molecule has 2 rings (SSSR count). The first kappa shape index (κ1) is 17.9. The molecule has 0 aliphatic rings.